The average Bonchev–Trinajstić information content (AvgIpc) is 2.68. The van der Waals surface area contributed by atoms with E-state index < -0.39 is 0 Å². The molecule has 2 aromatic carbocycles. The van der Waals surface area contributed by atoms with E-state index >= 15 is 0 Å². The molecular formula is C21H24N4O. The minimum absolute atomic E-state index is 0.0519. The minimum atomic E-state index is -0.0519. The second kappa shape index (κ2) is 8.13. The average molecular weight is 348 g/mol. The molecule has 0 radical (unpaired) electrons. The summed E-state index contributed by atoms with van der Waals surface area (Å²) in [6.07, 6.45) is 0. The lowest BCUT2D eigenvalue weighted by Crippen LogP contribution is -2.54. The van der Waals surface area contributed by atoms with Gasteiger partial charge in [-0.2, -0.15) is 5.26 Å². The van der Waals surface area contributed by atoms with Crippen LogP contribution in [-0.4, -0.2) is 62.0 Å². The lowest BCUT2D eigenvalue weighted by atomic mass is 10.0. The largest absolute Gasteiger partial charge is 0.350 e. The maximum absolute atomic E-state index is 12.4. The number of rotatable bonds is 4. The third-order valence-corrected chi connectivity index (χ3v) is 4.95. The molecule has 26 heavy (non-hydrogen) atoms. The second-order valence-corrected chi connectivity index (χ2v) is 6.88. The van der Waals surface area contributed by atoms with Crippen LogP contribution >= 0.6 is 0 Å². The van der Waals surface area contributed by atoms with Crippen LogP contribution in [0, 0.1) is 11.3 Å². The molecule has 134 valence electrons. The van der Waals surface area contributed by atoms with Crippen molar-refractivity contribution < 1.29 is 4.79 Å². The van der Waals surface area contributed by atoms with Gasteiger partial charge in [-0.3, -0.25) is 9.69 Å². The van der Waals surface area contributed by atoms with E-state index in [-0.39, 0.29) is 5.91 Å². The lowest BCUT2D eigenvalue weighted by molar-refractivity contribution is 0.0881. The minimum Gasteiger partial charge on any atom is -0.350 e. The fourth-order valence-corrected chi connectivity index (χ4v) is 3.22. The van der Waals surface area contributed by atoms with Crippen LogP contribution in [0.1, 0.15) is 15.9 Å². The quantitative estimate of drug-likeness (QED) is 0.920. The maximum atomic E-state index is 12.4. The van der Waals surface area contributed by atoms with Crippen LogP contribution in [0.5, 0.6) is 0 Å². The van der Waals surface area contributed by atoms with Gasteiger partial charge >= 0.3 is 0 Å². The molecule has 1 amide bonds. The fourth-order valence-electron chi connectivity index (χ4n) is 3.22. The van der Waals surface area contributed by atoms with E-state index in [0.29, 0.717) is 23.7 Å². The maximum Gasteiger partial charge on any atom is 0.251 e. The van der Waals surface area contributed by atoms with E-state index in [1.807, 2.05) is 42.5 Å². The van der Waals surface area contributed by atoms with Gasteiger partial charge in [-0.25, -0.2) is 0 Å². The first kappa shape index (κ1) is 18.1. The van der Waals surface area contributed by atoms with Gasteiger partial charge in [-0.1, -0.05) is 24.3 Å². The zero-order valence-corrected chi connectivity index (χ0v) is 15.3. The molecule has 1 atom stereocenters. The van der Waals surface area contributed by atoms with Crippen molar-refractivity contribution in [1.82, 2.24) is 15.1 Å². The molecule has 3 rings (SSSR count). The molecule has 0 aromatic heterocycles. The highest BCUT2D eigenvalue weighted by atomic mass is 16.1. The van der Waals surface area contributed by atoms with E-state index in [4.69, 9.17) is 5.26 Å². The molecule has 1 fully saturated rings. The third kappa shape index (κ3) is 4.29. The Morgan fingerprint density at radius 3 is 2.65 bits per heavy atom. The third-order valence-electron chi connectivity index (χ3n) is 4.95. The number of nitrogens with zero attached hydrogens (tertiary/aromatic N) is 3. The Morgan fingerprint density at radius 2 is 1.92 bits per heavy atom. The van der Waals surface area contributed by atoms with Gasteiger partial charge in [-0.15, -0.1) is 0 Å². The van der Waals surface area contributed by atoms with Crippen LogP contribution in [0.25, 0.3) is 11.1 Å². The summed E-state index contributed by atoms with van der Waals surface area (Å²) in [5.74, 6) is -0.0519. The SMILES string of the molecule is CN1CCN(C)[C@H](CNC(=O)c2ccc(-c3cccc(C#N)c3)cc2)C1. The topological polar surface area (TPSA) is 59.4 Å². The number of amides is 1. The summed E-state index contributed by atoms with van der Waals surface area (Å²) in [6, 6.07) is 17.5. The summed E-state index contributed by atoms with van der Waals surface area (Å²) in [4.78, 5) is 17.0. The number of likely N-dealkylation sites (N-methyl/N-ethyl adjacent to an activating group) is 2. The molecule has 0 aliphatic carbocycles. The fraction of sp³-hybridized carbons (Fsp3) is 0.333. The van der Waals surface area contributed by atoms with Crippen LogP contribution in [0.15, 0.2) is 48.5 Å². The molecule has 2 aromatic rings. The molecule has 5 nitrogen and oxygen atoms in total. The molecule has 1 aliphatic rings. The Hall–Kier alpha value is -2.68. The van der Waals surface area contributed by atoms with Gasteiger partial charge in [0.15, 0.2) is 0 Å². The highest BCUT2D eigenvalue weighted by Crippen LogP contribution is 2.21. The van der Waals surface area contributed by atoms with E-state index in [9.17, 15) is 4.79 Å². The van der Waals surface area contributed by atoms with Crippen molar-refractivity contribution in [1.29, 1.82) is 5.26 Å². The Balaban J connectivity index is 1.62. The molecule has 1 heterocycles. The first-order valence-corrected chi connectivity index (χ1v) is 8.84. The van der Waals surface area contributed by atoms with Crippen molar-refractivity contribution in [2.24, 2.45) is 0 Å². The van der Waals surface area contributed by atoms with Crippen LogP contribution < -0.4 is 5.32 Å². The molecule has 0 saturated carbocycles. The normalized spacial score (nSPS) is 18.3. The number of hydrogen-bond donors (Lipinski definition) is 1. The lowest BCUT2D eigenvalue weighted by Gasteiger charge is -2.37. The van der Waals surface area contributed by atoms with Crippen LogP contribution in [-0.2, 0) is 0 Å². The van der Waals surface area contributed by atoms with E-state index in [1.165, 1.54) is 0 Å². The van der Waals surface area contributed by atoms with E-state index in [2.05, 4.69) is 35.3 Å². The van der Waals surface area contributed by atoms with Crippen LogP contribution in [0.2, 0.25) is 0 Å². The summed E-state index contributed by atoms with van der Waals surface area (Å²) in [5.41, 5.74) is 3.25. The molecule has 0 bridgehead atoms. The number of benzene rings is 2. The van der Waals surface area contributed by atoms with Crippen LogP contribution in [0.3, 0.4) is 0 Å². The van der Waals surface area contributed by atoms with Gasteiger partial charge in [0.05, 0.1) is 11.6 Å². The second-order valence-electron chi connectivity index (χ2n) is 6.88. The summed E-state index contributed by atoms with van der Waals surface area (Å²) in [5, 5.41) is 12.1. The number of nitrogens with one attached hydrogen (secondary N) is 1. The molecule has 0 unspecified atom stereocenters. The zero-order chi connectivity index (χ0) is 18.5. The van der Waals surface area contributed by atoms with Gasteiger partial charge in [0.2, 0.25) is 0 Å². The van der Waals surface area contributed by atoms with Crippen molar-refractivity contribution in [3.63, 3.8) is 0 Å². The molecule has 0 spiro atoms. The molecule has 1 saturated heterocycles. The van der Waals surface area contributed by atoms with Gasteiger partial charge in [0.1, 0.15) is 0 Å². The first-order valence-electron chi connectivity index (χ1n) is 8.84. The Labute approximate surface area is 154 Å². The van der Waals surface area contributed by atoms with Crippen LogP contribution in [0.4, 0.5) is 0 Å². The molecule has 5 heteroatoms. The number of hydrogen-bond acceptors (Lipinski definition) is 4. The van der Waals surface area contributed by atoms with Crippen molar-refractivity contribution in [3.8, 4) is 17.2 Å². The van der Waals surface area contributed by atoms with Gasteiger partial charge in [0.25, 0.3) is 5.91 Å². The molecule has 1 aliphatic heterocycles. The highest BCUT2D eigenvalue weighted by Gasteiger charge is 2.22. The first-order chi connectivity index (χ1) is 12.6. The Bertz CT molecular complexity index is 810. The van der Waals surface area contributed by atoms with Gasteiger partial charge in [0, 0.05) is 37.8 Å². The Kier molecular flexibility index (Phi) is 5.67. The van der Waals surface area contributed by atoms with Crippen molar-refractivity contribution in [2.75, 3.05) is 40.3 Å². The van der Waals surface area contributed by atoms with Crippen molar-refractivity contribution in [3.05, 3.63) is 59.7 Å². The monoisotopic (exact) mass is 348 g/mol. The number of carbonyl (C=O) groups excluding carboxylic acids is 1. The van der Waals surface area contributed by atoms with E-state index in [0.717, 1.165) is 30.8 Å². The van der Waals surface area contributed by atoms with Crippen molar-refractivity contribution >= 4 is 5.91 Å². The number of carbonyl (C=O) groups is 1. The van der Waals surface area contributed by atoms with Crippen molar-refractivity contribution in [2.45, 2.75) is 6.04 Å². The summed E-state index contributed by atoms with van der Waals surface area (Å²) in [7, 11) is 4.22. The number of piperazine rings is 1. The van der Waals surface area contributed by atoms with Gasteiger partial charge < -0.3 is 10.2 Å². The predicted octanol–water partition coefficient (Wildman–Crippen LogP) is 2.20. The van der Waals surface area contributed by atoms with Gasteiger partial charge in [-0.05, 0) is 49.5 Å². The number of nitriles is 1. The summed E-state index contributed by atoms with van der Waals surface area (Å²) < 4.78 is 0. The molecule has 1 N–H and O–H groups in total. The summed E-state index contributed by atoms with van der Waals surface area (Å²) >= 11 is 0. The Morgan fingerprint density at radius 1 is 1.15 bits per heavy atom. The predicted molar refractivity (Wildman–Crippen MR) is 103 cm³/mol. The standard InChI is InChI=1S/C21H24N4O/c1-24-10-11-25(2)20(15-24)14-23-21(26)18-8-6-17(7-9-18)19-5-3-4-16(12-19)13-22/h3-9,12,20H,10-11,14-15H2,1-2H3,(H,23,26)/t20-/m1/s1. The smallest absolute Gasteiger partial charge is 0.251 e. The molecular weight excluding hydrogens is 324 g/mol. The summed E-state index contributed by atoms with van der Waals surface area (Å²) in [6.45, 7) is 3.69. The van der Waals surface area contributed by atoms with E-state index in [1.54, 1.807) is 6.07 Å². The zero-order valence-electron chi connectivity index (χ0n) is 15.3. The highest BCUT2D eigenvalue weighted by molar-refractivity contribution is 5.94.